The molecule has 7 heteroatoms. The van der Waals surface area contributed by atoms with Gasteiger partial charge in [0.1, 0.15) is 5.75 Å². The molecule has 0 aliphatic carbocycles. The van der Waals surface area contributed by atoms with Crippen molar-refractivity contribution in [2.45, 2.75) is 33.1 Å². The predicted octanol–water partition coefficient (Wildman–Crippen LogP) is 4.13. The molecular weight excluding hydrogens is 386 g/mol. The van der Waals surface area contributed by atoms with Crippen LogP contribution in [0.3, 0.4) is 0 Å². The lowest BCUT2D eigenvalue weighted by Gasteiger charge is -2.11. The minimum atomic E-state index is -0.323. The Hall–Kier alpha value is -2.93. The first-order valence-electron chi connectivity index (χ1n) is 9.77. The van der Waals surface area contributed by atoms with Crippen molar-refractivity contribution in [3.63, 3.8) is 0 Å². The molecule has 2 amide bonds. The largest absolute Gasteiger partial charge is 0.494 e. The third-order valence-corrected chi connectivity index (χ3v) is 4.22. The number of hydrogen-bond donors (Lipinski definition) is 3. The average molecular weight is 414 g/mol. The number of anilines is 1. The first-order chi connectivity index (χ1) is 14.0. The normalized spacial score (nSPS) is 10.1. The van der Waals surface area contributed by atoms with Crippen molar-refractivity contribution in [3.05, 3.63) is 59.7 Å². The summed E-state index contributed by atoms with van der Waals surface area (Å²) in [5, 5.41) is 8.64. The summed E-state index contributed by atoms with van der Waals surface area (Å²) in [6.07, 6.45) is 2.87. The van der Waals surface area contributed by atoms with Crippen LogP contribution >= 0.6 is 12.2 Å². The zero-order valence-corrected chi connectivity index (χ0v) is 17.6. The van der Waals surface area contributed by atoms with E-state index in [0.717, 1.165) is 19.3 Å². The molecule has 0 radical (unpaired) electrons. The highest BCUT2D eigenvalue weighted by molar-refractivity contribution is 7.80. The van der Waals surface area contributed by atoms with Crippen LogP contribution in [0.25, 0.3) is 0 Å². The van der Waals surface area contributed by atoms with Crippen molar-refractivity contribution < 1.29 is 14.3 Å². The number of ether oxygens (including phenoxy) is 1. The number of rotatable bonds is 9. The summed E-state index contributed by atoms with van der Waals surface area (Å²) in [6, 6.07) is 13.9. The molecule has 6 nitrogen and oxygen atoms in total. The van der Waals surface area contributed by atoms with Gasteiger partial charge in [-0.3, -0.25) is 14.9 Å². The van der Waals surface area contributed by atoms with Crippen molar-refractivity contribution in [1.82, 2.24) is 10.6 Å². The second kappa shape index (κ2) is 11.8. The van der Waals surface area contributed by atoms with Gasteiger partial charge in [0.05, 0.1) is 6.61 Å². The fourth-order valence-electron chi connectivity index (χ4n) is 2.47. The number of carbonyl (C=O) groups is 2. The molecule has 0 aromatic heterocycles. The fraction of sp³-hybridized carbons (Fsp3) is 0.318. The molecule has 154 valence electrons. The first kappa shape index (κ1) is 22.4. The highest BCUT2D eigenvalue weighted by Gasteiger charge is 2.10. The molecule has 0 saturated carbocycles. The van der Waals surface area contributed by atoms with Gasteiger partial charge < -0.3 is 15.4 Å². The van der Waals surface area contributed by atoms with Gasteiger partial charge in [0.2, 0.25) is 0 Å². The monoisotopic (exact) mass is 413 g/mol. The van der Waals surface area contributed by atoms with E-state index >= 15 is 0 Å². The Bertz CT molecular complexity index is 837. The summed E-state index contributed by atoms with van der Waals surface area (Å²) in [5.74, 6) is 0.216. The van der Waals surface area contributed by atoms with Crippen LogP contribution in [0.1, 0.15) is 53.8 Å². The Kier molecular flexibility index (Phi) is 9.11. The molecule has 0 atom stereocenters. The molecular formula is C22H27N3O3S. The zero-order valence-electron chi connectivity index (χ0n) is 16.8. The summed E-state index contributed by atoms with van der Waals surface area (Å²) >= 11 is 5.22. The van der Waals surface area contributed by atoms with E-state index in [1.807, 2.05) is 13.0 Å². The molecule has 2 rings (SSSR count). The smallest absolute Gasteiger partial charge is 0.257 e. The molecule has 0 heterocycles. The molecule has 0 spiro atoms. The van der Waals surface area contributed by atoms with Crippen molar-refractivity contribution in [2.75, 3.05) is 18.5 Å². The zero-order chi connectivity index (χ0) is 21.1. The molecule has 0 fully saturated rings. The molecule has 3 N–H and O–H groups in total. The maximum Gasteiger partial charge on any atom is 0.257 e. The summed E-state index contributed by atoms with van der Waals surface area (Å²) < 4.78 is 5.55. The average Bonchev–Trinajstić information content (AvgIpc) is 2.73. The summed E-state index contributed by atoms with van der Waals surface area (Å²) in [7, 11) is 0. The van der Waals surface area contributed by atoms with Gasteiger partial charge in [0, 0.05) is 23.4 Å². The van der Waals surface area contributed by atoms with Crippen molar-refractivity contribution in [3.8, 4) is 5.75 Å². The maximum absolute atomic E-state index is 12.4. The van der Waals surface area contributed by atoms with Crippen LogP contribution in [0.4, 0.5) is 5.69 Å². The molecule has 2 aromatic rings. The Morgan fingerprint density at radius 2 is 1.72 bits per heavy atom. The lowest BCUT2D eigenvalue weighted by molar-refractivity contribution is 0.0950. The Labute approximate surface area is 177 Å². The van der Waals surface area contributed by atoms with Crippen LogP contribution in [0.15, 0.2) is 48.5 Å². The number of unbranched alkanes of at least 4 members (excludes halogenated alkanes) is 1. The molecule has 0 aliphatic rings. The van der Waals surface area contributed by atoms with E-state index in [9.17, 15) is 9.59 Å². The van der Waals surface area contributed by atoms with Crippen LogP contribution in [0.2, 0.25) is 0 Å². The number of hydrogen-bond acceptors (Lipinski definition) is 4. The van der Waals surface area contributed by atoms with Gasteiger partial charge in [0.15, 0.2) is 5.11 Å². The number of amides is 2. The predicted molar refractivity (Wildman–Crippen MR) is 120 cm³/mol. The van der Waals surface area contributed by atoms with Gasteiger partial charge >= 0.3 is 0 Å². The summed E-state index contributed by atoms with van der Waals surface area (Å²) in [5.41, 5.74) is 1.72. The van der Waals surface area contributed by atoms with Crippen LogP contribution in [-0.2, 0) is 0 Å². The third kappa shape index (κ3) is 7.54. The van der Waals surface area contributed by atoms with E-state index in [1.54, 1.807) is 42.5 Å². The highest BCUT2D eigenvalue weighted by Crippen LogP contribution is 2.14. The van der Waals surface area contributed by atoms with Crippen LogP contribution in [0.5, 0.6) is 5.75 Å². The van der Waals surface area contributed by atoms with Crippen LogP contribution in [0, 0.1) is 0 Å². The standard InChI is InChI=1S/C22H27N3O3S/c1-3-5-13-23-20(26)16-9-11-18(12-10-16)24-22(29)25-21(27)17-7-6-8-19(15-17)28-14-4-2/h6-12,15H,3-5,13-14H2,1-2H3,(H,23,26)(H2,24,25,27,29). The van der Waals surface area contributed by atoms with Gasteiger partial charge in [-0.15, -0.1) is 0 Å². The van der Waals surface area contributed by atoms with Crippen molar-refractivity contribution in [1.29, 1.82) is 0 Å². The number of thiocarbonyl (C=S) groups is 1. The van der Waals surface area contributed by atoms with E-state index in [0.29, 0.717) is 35.7 Å². The maximum atomic E-state index is 12.4. The van der Waals surface area contributed by atoms with Gasteiger partial charge in [-0.1, -0.05) is 26.3 Å². The molecule has 0 bridgehead atoms. The lowest BCUT2D eigenvalue weighted by Crippen LogP contribution is -2.34. The van der Waals surface area contributed by atoms with Gasteiger partial charge in [-0.05, 0) is 67.5 Å². The van der Waals surface area contributed by atoms with Gasteiger partial charge in [0.25, 0.3) is 11.8 Å². The molecule has 29 heavy (non-hydrogen) atoms. The quantitative estimate of drug-likeness (QED) is 0.425. The van der Waals surface area contributed by atoms with Gasteiger partial charge in [-0.2, -0.15) is 0 Å². The van der Waals surface area contributed by atoms with E-state index in [2.05, 4.69) is 22.9 Å². The van der Waals surface area contributed by atoms with Crippen molar-refractivity contribution in [2.24, 2.45) is 0 Å². The van der Waals surface area contributed by atoms with E-state index in [-0.39, 0.29) is 16.9 Å². The minimum Gasteiger partial charge on any atom is -0.494 e. The fourth-order valence-corrected chi connectivity index (χ4v) is 2.68. The second-order valence-electron chi connectivity index (χ2n) is 6.47. The number of benzene rings is 2. The van der Waals surface area contributed by atoms with Crippen molar-refractivity contribution >= 4 is 34.8 Å². The van der Waals surface area contributed by atoms with Crippen LogP contribution < -0.4 is 20.7 Å². The molecule has 0 aliphatic heterocycles. The third-order valence-electron chi connectivity index (χ3n) is 4.02. The van der Waals surface area contributed by atoms with Gasteiger partial charge in [-0.25, -0.2) is 0 Å². The number of nitrogens with one attached hydrogen (secondary N) is 3. The molecule has 0 saturated heterocycles. The SMILES string of the molecule is CCCCNC(=O)c1ccc(NC(=S)NC(=O)c2cccc(OCCC)c2)cc1. The Morgan fingerprint density at radius 3 is 2.41 bits per heavy atom. The number of carbonyl (C=O) groups excluding carboxylic acids is 2. The summed E-state index contributed by atoms with van der Waals surface area (Å²) in [6.45, 7) is 5.35. The van der Waals surface area contributed by atoms with Crippen LogP contribution in [-0.4, -0.2) is 30.1 Å². The second-order valence-corrected chi connectivity index (χ2v) is 6.88. The van der Waals surface area contributed by atoms with E-state index in [1.165, 1.54) is 0 Å². The molecule has 2 aromatic carbocycles. The summed E-state index contributed by atoms with van der Waals surface area (Å²) in [4.78, 5) is 24.4. The lowest BCUT2D eigenvalue weighted by atomic mass is 10.2. The van der Waals surface area contributed by atoms with E-state index in [4.69, 9.17) is 17.0 Å². The Morgan fingerprint density at radius 1 is 0.966 bits per heavy atom. The Balaban J connectivity index is 1.88. The topological polar surface area (TPSA) is 79.5 Å². The first-order valence-corrected chi connectivity index (χ1v) is 10.2. The highest BCUT2D eigenvalue weighted by atomic mass is 32.1. The minimum absolute atomic E-state index is 0.106. The molecule has 0 unspecified atom stereocenters. The van der Waals surface area contributed by atoms with E-state index < -0.39 is 0 Å².